The van der Waals surface area contributed by atoms with Gasteiger partial charge in [-0.1, -0.05) is 17.7 Å². The molecule has 2 aliphatic rings. The Balaban J connectivity index is 0.00000243. The Morgan fingerprint density at radius 2 is 1.92 bits per heavy atom. The summed E-state index contributed by atoms with van der Waals surface area (Å²) < 4.78 is 12.1. The van der Waals surface area contributed by atoms with Crippen LogP contribution in [0.3, 0.4) is 0 Å². The highest BCUT2D eigenvalue weighted by molar-refractivity contribution is 6.65. The van der Waals surface area contributed by atoms with Crippen molar-refractivity contribution in [3.8, 4) is 0 Å². The van der Waals surface area contributed by atoms with E-state index < -0.39 is 18.3 Å². The summed E-state index contributed by atoms with van der Waals surface area (Å²) in [4.78, 5) is 12.4. The zero-order chi connectivity index (χ0) is 18.2. The molecule has 0 aromatic heterocycles. The van der Waals surface area contributed by atoms with Gasteiger partial charge in [0, 0.05) is 28.6 Å². The molecule has 2 saturated heterocycles. The van der Waals surface area contributed by atoms with E-state index in [2.05, 4.69) is 10.6 Å². The minimum absolute atomic E-state index is 0. The second-order valence-electron chi connectivity index (χ2n) is 7.84. The number of hydrogen-bond donors (Lipinski definition) is 2. The van der Waals surface area contributed by atoms with Gasteiger partial charge in [0.05, 0.1) is 11.2 Å². The highest BCUT2D eigenvalue weighted by Gasteiger charge is 2.52. The fourth-order valence-electron chi connectivity index (χ4n) is 3.07. The SMILES string of the molecule is CC1(C)OB(c2ccc(C(=O)N[C@@H]3CCCNC3)cc2Cl)OC1(C)C.Cl. The molecular formula is C18H27BCl2N2O3. The predicted octanol–water partition coefficient (Wildman–Crippen LogP) is 2.54. The molecule has 2 heterocycles. The van der Waals surface area contributed by atoms with Crippen molar-refractivity contribution in [2.45, 2.75) is 57.8 Å². The van der Waals surface area contributed by atoms with Crippen LogP contribution in [-0.4, -0.2) is 43.4 Å². The maximum absolute atomic E-state index is 12.4. The zero-order valence-corrected chi connectivity index (χ0v) is 17.3. The molecule has 2 aliphatic heterocycles. The third kappa shape index (κ3) is 4.37. The Hall–Kier alpha value is -0.785. The summed E-state index contributed by atoms with van der Waals surface area (Å²) in [6.45, 7) is 9.83. The van der Waals surface area contributed by atoms with Crippen molar-refractivity contribution in [2.24, 2.45) is 0 Å². The quantitative estimate of drug-likeness (QED) is 0.765. The molecule has 0 radical (unpaired) electrons. The highest BCUT2D eigenvalue weighted by Crippen LogP contribution is 2.37. The average molecular weight is 401 g/mol. The van der Waals surface area contributed by atoms with Crippen LogP contribution in [0.1, 0.15) is 50.9 Å². The van der Waals surface area contributed by atoms with E-state index in [0.717, 1.165) is 31.4 Å². The van der Waals surface area contributed by atoms with Gasteiger partial charge in [0.1, 0.15) is 0 Å². The lowest BCUT2D eigenvalue weighted by Gasteiger charge is -2.32. The number of nitrogens with one attached hydrogen (secondary N) is 2. The summed E-state index contributed by atoms with van der Waals surface area (Å²) in [7, 11) is -0.530. The normalized spacial score (nSPS) is 24.0. The maximum Gasteiger partial charge on any atom is 0.496 e. The van der Waals surface area contributed by atoms with Crippen LogP contribution in [0.4, 0.5) is 0 Å². The second kappa shape index (κ2) is 8.07. The number of amides is 1. The molecule has 1 aromatic rings. The highest BCUT2D eigenvalue weighted by atomic mass is 35.5. The number of carbonyl (C=O) groups is 1. The van der Waals surface area contributed by atoms with Crippen molar-refractivity contribution in [1.82, 2.24) is 10.6 Å². The lowest BCUT2D eigenvalue weighted by molar-refractivity contribution is 0.00578. The van der Waals surface area contributed by atoms with Crippen LogP contribution in [0.5, 0.6) is 0 Å². The fraction of sp³-hybridized carbons (Fsp3) is 0.611. The molecule has 0 spiro atoms. The van der Waals surface area contributed by atoms with Crippen molar-refractivity contribution in [3.05, 3.63) is 28.8 Å². The Morgan fingerprint density at radius 3 is 2.46 bits per heavy atom. The van der Waals surface area contributed by atoms with Crippen molar-refractivity contribution in [2.75, 3.05) is 13.1 Å². The molecule has 5 nitrogen and oxygen atoms in total. The molecule has 0 aliphatic carbocycles. The maximum atomic E-state index is 12.4. The summed E-state index contributed by atoms with van der Waals surface area (Å²) in [5.41, 5.74) is 0.447. The minimum atomic E-state index is -0.530. The first-order chi connectivity index (χ1) is 11.7. The predicted molar refractivity (Wildman–Crippen MR) is 108 cm³/mol. The molecule has 26 heavy (non-hydrogen) atoms. The van der Waals surface area contributed by atoms with Gasteiger partial charge in [-0.3, -0.25) is 4.79 Å². The Labute approximate surface area is 167 Å². The number of rotatable bonds is 3. The standard InChI is InChI=1S/C18H26BClN2O3.ClH/c1-17(2)18(3,4)25-19(24-17)14-8-7-12(10-15(14)20)16(23)22-13-6-5-9-21-11-13;/h7-8,10,13,21H,5-6,9,11H2,1-4H3,(H,22,23);1H/t13-;/m1./s1. The lowest BCUT2D eigenvalue weighted by Crippen LogP contribution is -2.45. The number of benzene rings is 1. The van der Waals surface area contributed by atoms with Crippen LogP contribution in [0.2, 0.25) is 5.02 Å². The average Bonchev–Trinajstić information content (AvgIpc) is 2.76. The first-order valence-corrected chi connectivity index (χ1v) is 9.24. The topological polar surface area (TPSA) is 59.6 Å². The molecule has 3 rings (SSSR count). The van der Waals surface area contributed by atoms with Gasteiger partial charge in [-0.05, 0) is 59.2 Å². The molecule has 2 fully saturated rings. The van der Waals surface area contributed by atoms with Crippen LogP contribution in [-0.2, 0) is 9.31 Å². The van der Waals surface area contributed by atoms with E-state index in [4.69, 9.17) is 20.9 Å². The van der Waals surface area contributed by atoms with Gasteiger partial charge in [-0.15, -0.1) is 12.4 Å². The van der Waals surface area contributed by atoms with Gasteiger partial charge < -0.3 is 19.9 Å². The molecular weight excluding hydrogens is 374 g/mol. The molecule has 144 valence electrons. The van der Waals surface area contributed by atoms with E-state index in [9.17, 15) is 4.79 Å². The summed E-state index contributed by atoms with van der Waals surface area (Å²) >= 11 is 6.43. The Morgan fingerprint density at radius 1 is 1.27 bits per heavy atom. The monoisotopic (exact) mass is 400 g/mol. The summed E-state index contributed by atoms with van der Waals surface area (Å²) in [6.07, 6.45) is 2.07. The van der Waals surface area contributed by atoms with Crippen molar-refractivity contribution >= 4 is 42.5 Å². The Bertz CT molecular complexity index is 648. The van der Waals surface area contributed by atoms with Crippen LogP contribution in [0.25, 0.3) is 0 Å². The Kier molecular flexibility index (Phi) is 6.68. The number of halogens is 2. The third-order valence-corrected chi connectivity index (χ3v) is 5.73. The van der Waals surface area contributed by atoms with Gasteiger partial charge in [0.25, 0.3) is 5.91 Å². The molecule has 8 heteroatoms. The van der Waals surface area contributed by atoms with E-state index in [1.54, 1.807) is 12.1 Å². The van der Waals surface area contributed by atoms with Crippen LogP contribution in [0.15, 0.2) is 18.2 Å². The van der Waals surface area contributed by atoms with E-state index in [0.29, 0.717) is 10.6 Å². The number of carbonyl (C=O) groups excluding carboxylic acids is 1. The van der Waals surface area contributed by atoms with Gasteiger partial charge in [0.15, 0.2) is 0 Å². The van der Waals surface area contributed by atoms with Crippen LogP contribution < -0.4 is 16.1 Å². The molecule has 0 unspecified atom stereocenters. The van der Waals surface area contributed by atoms with Crippen molar-refractivity contribution < 1.29 is 14.1 Å². The summed E-state index contributed by atoms with van der Waals surface area (Å²) in [6, 6.07) is 5.45. The van der Waals surface area contributed by atoms with E-state index in [1.165, 1.54) is 0 Å². The van der Waals surface area contributed by atoms with Gasteiger partial charge >= 0.3 is 7.12 Å². The zero-order valence-electron chi connectivity index (χ0n) is 15.7. The van der Waals surface area contributed by atoms with E-state index in [-0.39, 0.29) is 24.4 Å². The number of hydrogen-bond acceptors (Lipinski definition) is 4. The van der Waals surface area contributed by atoms with Crippen molar-refractivity contribution in [1.29, 1.82) is 0 Å². The van der Waals surface area contributed by atoms with Crippen LogP contribution >= 0.6 is 24.0 Å². The molecule has 1 atom stereocenters. The summed E-state index contributed by atoms with van der Waals surface area (Å²) in [5, 5.41) is 6.83. The molecule has 2 N–H and O–H groups in total. The lowest BCUT2D eigenvalue weighted by atomic mass is 9.78. The van der Waals surface area contributed by atoms with Crippen LogP contribution in [0, 0.1) is 0 Å². The second-order valence-corrected chi connectivity index (χ2v) is 8.25. The number of piperidine rings is 1. The molecule has 1 aromatic carbocycles. The van der Waals surface area contributed by atoms with E-state index >= 15 is 0 Å². The minimum Gasteiger partial charge on any atom is -0.399 e. The van der Waals surface area contributed by atoms with Gasteiger partial charge in [-0.25, -0.2) is 0 Å². The van der Waals surface area contributed by atoms with E-state index in [1.807, 2.05) is 33.8 Å². The smallest absolute Gasteiger partial charge is 0.399 e. The molecule has 1 amide bonds. The third-order valence-electron chi connectivity index (χ3n) is 5.40. The first-order valence-electron chi connectivity index (χ1n) is 8.86. The largest absolute Gasteiger partial charge is 0.496 e. The fourth-order valence-corrected chi connectivity index (χ4v) is 3.34. The molecule has 0 bridgehead atoms. The van der Waals surface area contributed by atoms with Gasteiger partial charge in [-0.2, -0.15) is 0 Å². The van der Waals surface area contributed by atoms with Crippen molar-refractivity contribution in [3.63, 3.8) is 0 Å². The first kappa shape index (κ1) is 21.5. The summed E-state index contributed by atoms with van der Waals surface area (Å²) in [5.74, 6) is -0.101. The van der Waals surface area contributed by atoms with Gasteiger partial charge in [0.2, 0.25) is 0 Å². The molecule has 0 saturated carbocycles.